The van der Waals surface area contributed by atoms with Crippen LogP contribution < -0.4 is 5.32 Å². The molecule has 2 aromatic rings. The van der Waals surface area contributed by atoms with E-state index in [1.165, 1.54) is 0 Å². The predicted octanol–water partition coefficient (Wildman–Crippen LogP) is 2.74. The molecule has 86 valence electrons. The molecule has 0 aliphatic heterocycles. The average molecular weight is 219 g/mol. The Kier molecular flexibility index (Phi) is 3.29. The SMILES string of the molecule is CC(C)Cn1nccc1NCc1ccco1. The molecule has 0 amide bonds. The van der Waals surface area contributed by atoms with Crippen molar-refractivity contribution in [3.8, 4) is 0 Å². The van der Waals surface area contributed by atoms with Crippen LogP contribution in [0, 0.1) is 5.92 Å². The highest BCUT2D eigenvalue weighted by Crippen LogP contribution is 2.11. The molecule has 0 aromatic carbocycles. The van der Waals surface area contributed by atoms with E-state index >= 15 is 0 Å². The van der Waals surface area contributed by atoms with Crippen LogP contribution in [0.2, 0.25) is 0 Å². The summed E-state index contributed by atoms with van der Waals surface area (Å²) in [4.78, 5) is 0. The van der Waals surface area contributed by atoms with Crippen molar-refractivity contribution in [1.82, 2.24) is 9.78 Å². The summed E-state index contributed by atoms with van der Waals surface area (Å²) in [5.74, 6) is 2.55. The zero-order valence-electron chi connectivity index (χ0n) is 9.68. The molecule has 1 N–H and O–H groups in total. The van der Waals surface area contributed by atoms with E-state index in [1.807, 2.05) is 29.1 Å². The summed E-state index contributed by atoms with van der Waals surface area (Å²) in [6.45, 7) is 5.97. The van der Waals surface area contributed by atoms with Crippen LogP contribution in [0.15, 0.2) is 35.1 Å². The second-order valence-corrected chi connectivity index (χ2v) is 4.23. The van der Waals surface area contributed by atoms with Crippen molar-refractivity contribution in [3.05, 3.63) is 36.4 Å². The van der Waals surface area contributed by atoms with Gasteiger partial charge in [-0.1, -0.05) is 13.8 Å². The van der Waals surface area contributed by atoms with Gasteiger partial charge in [-0.15, -0.1) is 0 Å². The smallest absolute Gasteiger partial charge is 0.124 e. The Balaban J connectivity index is 1.96. The number of hydrogen-bond donors (Lipinski definition) is 1. The second-order valence-electron chi connectivity index (χ2n) is 4.23. The third-order valence-electron chi connectivity index (χ3n) is 2.28. The Morgan fingerprint density at radius 2 is 2.31 bits per heavy atom. The molecule has 0 aliphatic carbocycles. The Labute approximate surface area is 95.3 Å². The van der Waals surface area contributed by atoms with Gasteiger partial charge in [0.1, 0.15) is 11.6 Å². The molecule has 0 bridgehead atoms. The number of nitrogens with zero attached hydrogens (tertiary/aromatic N) is 2. The molecule has 0 unspecified atom stereocenters. The van der Waals surface area contributed by atoms with E-state index in [0.29, 0.717) is 12.5 Å². The zero-order chi connectivity index (χ0) is 11.4. The summed E-state index contributed by atoms with van der Waals surface area (Å²) >= 11 is 0. The lowest BCUT2D eigenvalue weighted by molar-refractivity contribution is 0.484. The minimum absolute atomic E-state index is 0.587. The minimum atomic E-state index is 0.587. The van der Waals surface area contributed by atoms with Crippen molar-refractivity contribution in [1.29, 1.82) is 0 Å². The van der Waals surface area contributed by atoms with Gasteiger partial charge < -0.3 is 9.73 Å². The molecule has 2 rings (SSSR count). The molecule has 2 heterocycles. The van der Waals surface area contributed by atoms with Crippen molar-refractivity contribution in [2.45, 2.75) is 26.9 Å². The predicted molar refractivity (Wildman–Crippen MR) is 63.1 cm³/mol. The Bertz CT molecular complexity index is 417. The highest BCUT2D eigenvalue weighted by molar-refractivity contribution is 5.34. The molecule has 0 saturated heterocycles. The monoisotopic (exact) mass is 219 g/mol. The van der Waals surface area contributed by atoms with Gasteiger partial charge in [-0.05, 0) is 18.1 Å². The van der Waals surface area contributed by atoms with Crippen LogP contribution in [-0.2, 0) is 13.1 Å². The first kappa shape index (κ1) is 10.8. The van der Waals surface area contributed by atoms with E-state index in [9.17, 15) is 0 Å². The van der Waals surface area contributed by atoms with Crippen LogP contribution in [0.1, 0.15) is 19.6 Å². The maximum Gasteiger partial charge on any atom is 0.124 e. The van der Waals surface area contributed by atoms with Crippen molar-refractivity contribution >= 4 is 5.82 Å². The van der Waals surface area contributed by atoms with Gasteiger partial charge in [0.05, 0.1) is 19.0 Å². The lowest BCUT2D eigenvalue weighted by Crippen LogP contribution is -2.11. The maximum atomic E-state index is 5.26. The van der Waals surface area contributed by atoms with Gasteiger partial charge in [-0.3, -0.25) is 0 Å². The maximum absolute atomic E-state index is 5.26. The lowest BCUT2D eigenvalue weighted by Gasteiger charge is -2.10. The summed E-state index contributed by atoms with van der Waals surface area (Å²) in [5.41, 5.74) is 0. The lowest BCUT2D eigenvalue weighted by atomic mass is 10.2. The first-order valence-corrected chi connectivity index (χ1v) is 5.54. The molecule has 0 fully saturated rings. The summed E-state index contributed by atoms with van der Waals surface area (Å²) in [5, 5.41) is 7.59. The Morgan fingerprint density at radius 3 is 3.00 bits per heavy atom. The van der Waals surface area contributed by atoms with E-state index in [0.717, 1.165) is 18.1 Å². The molecular weight excluding hydrogens is 202 g/mol. The molecular formula is C12H17N3O. The van der Waals surface area contributed by atoms with Gasteiger partial charge in [0, 0.05) is 12.6 Å². The first-order valence-electron chi connectivity index (χ1n) is 5.54. The van der Waals surface area contributed by atoms with Gasteiger partial charge in [-0.2, -0.15) is 5.10 Å². The highest BCUT2D eigenvalue weighted by atomic mass is 16.3. The number of hydrogen-bond acceptors (Lipinski definition) is 3. The zero-order valence-corrected chi connectivity index (χ0v) is 9.68. The minimum Gasteiger partial charge on any atom is -0.467 e. The quantitative estimate of drug-likeness (QED) is 0.840. The van der Waals surface area contributed by atoms with E-state index in [2.05, 4.69) is 24.3 Å². The number of aromatic nitrogens is 2. The van der Waals surface area contributed by atoms with Crippen LogP contribution in [0.3, 0.4) is 0 Å². The number of anilines is 1. The summed E-state index contributed by atoms with van der Waals surface area (Å²) < 4.78 is 7.24. The standard InChI is InChI=1S/C12H17N3O/c1-10(2)9-15-12(5-6-14-15)13-8-11-4-3-7-16-11/h3-7,10,13H,8-9H2,1-2H3. The van der Waals surface area contributed by atoms with Gasteiger partial charge >= 0.3 is 0 Å². The fourth-order valence-electron chi connectivity index (χ4n) is 1.57. The van der Waals surface area contributed by atoms with Gasteiger partial charge in [0.25, 0.3) is 0 Å². The number of nitrogens with one attached hydrogen (secondary N) is 1. The Hall–Kier alpha value is -1.71. The second kappa shape index (κ2) is 4.88. The van der Waals surface area contributed by atoms with Crippen molar-refractivity contribution < 1.29 is 4.42 Å². The molecule has 4 nitrogen and oxygen atoms in total. The molecule has 2 aromatic heterocycles. The number of furan rings is 1. The van der Waals surface area contributed by atoms with E-state index in [1.54, 1.807) is 6.26 Å². The average Bonchev–Trinajstić information content (AvgIpc) is 2.84. The van der Waals surface area contributed by atoms with Gasteiger partial charge in [-0.25, -0.2) is 4.68 Å². The fraction of sp³-hybridized carbons (Fsp3) is 0.417. The largest absolute Gasteiger partial charge is 0.467 e. The molecule has 4 heteroatoms. The van der Waals surface area contributed by atoms with Crippen LogP contribution in [-0.4, -0.2) is 9.78 Å². The van der Waals surface area contributed by atoms with E-state index < -0.39 is 0 Å². The van der Waals surface area contributed by atoms with Gasteiger partial charge in [0.2, 0.25) is 0 Å². The molecule has 0 atom stereocenters. The molecule has 0 radical (unpaired) electrons. The first-order chi connectivity index (χ1) is 7.75. The number of rotatable bonds is 5. The van der Waals surface area contributed by atoms with E-state index in [4.69, 9.17) is 4.42 Å². The van der Waals surface area contributed by atoms with Crippen molar-refractivity contribution in [3.63, 3.8) is 0 Å². The topological polar surface area (TPSA) is 43.0 Å². The van der Waals surface area contributed by atoms with Crippen molar-refractivity contribution in [2.75, 3.05) is 5.32 Å². The molecule has 0 saturated carbocycles. The third-order valence-corrected chi connectivity index (χ3v) is 2.28. The summed E-state index contributed by atoms with van der Waals surface area (Å²) in [7, 11) is 0. The summed E-state index contributed by atoms with van der Waals surface area (Å²) in [6.07, 6.45) is 3.50. The van der Waals surface area contributed by atoms with Crippen LogP contribution >= 0.6 is 0 Å². The summed E-state index contributed by atoms with van der Waals surface area (Å²) in [6, 6.07) is 5.82. The third kappa shape index (κ3) is 2.66. The normalized spacial score (nSPS) is 10.9. The van der Waals surface area contributed by atoms with E-state index in [-0.39, 0.29) is 0 Å². The Morgan fingerprint density at radius 1 is 1.44 bits per heavy atom. The van der Waals surface area contributed by atoms with Crippen molar-refractivity contribution in [2.24, 2.45) is 5.92 Å². The van der Waals surface area contributed by atoms with Crippen LogP contribution in [0.25, 0.3) is 0 Å². The highest BCUT2D eigenvalue weighted by Gasteiger charge is 2.04. The van der Waals surface area contributed by atoms with Gasteiger partial charge in [0.15, 0.2) is 0 Å². The molecule has 0 spiro atoms. The molecule has 16 heavy (non-hydrogen) atoms. The van der Waals surface area contributed by atoms with Crippen LogP contribution in [0.5, 0.6) is 0 Å². The molecule has 0 aliphatic rings. The van der Waals surface area contributed by atoms with Crippen LogP contribution in [0.4, 0.5) is 5.82 Å². The fourth-order valence-corrected chi connectivity index (χ4v) is 1.57.